The molecular formula is C31H57N9O10. The number of aliphatic carboxylic acids is 1. The zero-order valence-electron chi connectivity index (χ0n) is 29.9. The van der Waals surface area contributed by atoms with Crippen molar-refractivity contribution in [1.82, 2.24) is 31.9 Å². The van der Waals surface area contributed by atoms with Crippen LogP contribution in [0, 0.1) is 11.8 Å². The zero-order valence-corrected chi connectivity index (χ0v) is 29.9. The Hall–Kier alpha value is -4.36. The third-order valence-electron chi connectivity index (χ3n) is 7.47. The van der Waals surface area contributed by atoms with Crippen LogP contribution < -0.4 is 49.1 Å². The van der Waals surface area contributed by atoms with E-state index >= 15 is 0 Å². The van der Waals surface area contributed by atoms with Gasteiger partial charge in [0.25, 0.3) is 0 Å². The average Bonchev–Trinajstić information content (AvgIpc) is 2.99. The number of nitrogens with two attached hydrogens (primary N) is 3. The molecule has 14 N–H and O–H groups in total. The lowest BCUT2D eigenvalue weighted by molar-refractivity contribution is -0.142. The van der Waals surface area contributed by atoms with E-state index in [1.807, 2.05) is 0 Å². The predicted molar refractivity (Wildman–Crippen MR) is 181 cm³/mol. The van der Waals surface area contributed by atoms with Gasteiger partial charge in [0.05, 0.1) is 18.6 Å². The first-order chi connectivity index (χ1) is 23.1. The molecular weight excluding hydrogens is 658 g/mol. The molecule has 0 aromatic heterocycles. The summed E-state index contributed by atoms with van der Waals surface area (Å²) >= 11 is 0. The summed E-state index contributed by atoms with van der Waals surface area (Å²) in [6.07, 6.45) is -0.638. The maximum atomic E-state index is 13.2. The van der Waals surface area contributed by atoms with E-state index in [2.05, 4.69) is 31.9 Å². The summed E-state index contributed by atoms with van der Waals surface area (Å²) in [4.78, 5) is 100. The second-order valence-electron chi connectivity index (χ2n) is 13.1. The number of rotatable bonds is 23. The van der Waals surface area contributed by atoms with Gasteiger partial charge in [-0.1, -0.05) is 27.7 Å². The number of hydrogen-bond donors (Lipinski definition) is 11. The Balaban J connectivity index is 5.52. The number of carbonyl (C=O) groups excluding carboxylic acids is 7. The smallest absolute Gasteiger partial charge is 0.326 e. The number of amides is 7. The van der Waals surface area contributed by atoms with Crippen molar-refractivity contribution in [1.29, 1.82) is 0 Å². The summed E-state index contributed by atoms with van der Waals surface area (Å²) in [6.45, 7) is 11.0. The Morgan fingerprint density at radius 2 is 1.10 bits per heavy atom. The van der Waals surface area contributed by atoms with Crippen molar-refractivity contribution < 1.29 is 48.6 Å². The Morgan fingerprint density at radius 3 is 1.56 bits per heavy atom. The molecule has 7 amide bonds. The number of aliphatic hydroxyl groups is 1. The van der Waals surface area contributed by atoms with Crippen LogP contribution in [0.15, 0.2) is 0 Å². The van der Waals surface area contributed by atoms with Gasteiger partial charge in [-0.3, -0.25) is 33.6 Å². The summed E-state index contributed by atoms with van der Waals surface area (Å²) in [5.41, 5.74) is 16.2. The molecule has 50 heavy (non-hydrogen) atoms. The van der Waals surface area contributed by atoms with Crippen LogP contribution in [0.5, 0.6) is 0 Å². The normalized spacial score (nSPS) is 16.0. The highest BCUT2D eigenvalue weighted by atomic mass is 16.4. The van der Waals surface area contributed by atoms with Gasteiger partial charge in [0.1, 0.15) is 36.3 Å². The maximum Gasteiger partial charge on any atom is 0.326 e. The summed E-state index contributed by atoms with van der Waals surface area (Å²) < 4.78 is 0. The van der Waals surface area contributed by atoms with Crippen LogP contribution in [0.25, 0.3) is 0 Å². The first kappa shape index (κ1) is 45.6. The molecule has 0 rings (SSSR count). The number of carboxylic acid groups (broad SMARTS) is 1. The van der Waals surface area contributed by atoms with Gasteiger partial charge in [0.2, 0.25) is 41.4 Å². The number of primary amides is 1. The third kappa shape index (κ3) is 16.8. The molecule has 0 aromatic carbocycles. The maximum absolute atomic E-state index is 13.2. The van der Waals surface area contributed by atoms with Crippen LogP contribution in [0.3, 0.4) is 0 Å². The largest absolute Gasteiger partial charge is 0.480 e. The van der Waals surface area contributed by atoms with E-state index < -0.39 is 108 Å². The fraction of sp³-hybridized carbons (Fsp3) is 0.742. The number of hydrogen-bond acceptors (Lipinski definition) is 11. The highest BCUT2D eigenvalue weighted by Gasteiger charge is 2.34. The molecule has 0 fully saturated rings. The minimum absolute atomic E-state index is 0.115. The fourth-order valence-corrected chi connectivity index (χ4v) is 4.55. The molecule has 0 heterocycles. The number of unbranched alkanes of at least 4 members (excludes halogenated alkanes) is 1. The molecule has 0 radical (unpaired) electrons. The Bertz CT molecular complexity index is 1200. The third-order valence-corrected chi connectivity index (χ3v) is 7.47. The van der Waals surface area contributed by atoms with Gasteiger partial charge in [0, 0.05) is 0 Å². The average molecular weight is 716 g/mol. The van der Waals surface area contributed by atoms with Crippen LogP contribution in [0.1, 0.15) is 80.6 Å². The summed E-state index contributed by atoms with van der Waals surface area (Å²) in [5.74, 6) is -7.53. The molecule has 19 nitrogen and oxygen atoms in total. The van der Waals surface area contributed by atoms with Crippen molar-refractivity contribution in [2.45, 2.75) is 129 Å². The lowest BCUT2D eigenvalue weighted by Gasteiger charge is -2.28. The van der Waals surface area contributed by atoms with Crippen LogP contribution in [-0.2, 0) is 38.4 Å². The van der Waals surface area contributed by atoms with Gasteiger partial charge < -0.3 is 59.3 Å². The molecule has 0 bridgehead atoms. The minimum atomic E-state index is -1.57. The van der Waals surface area contributed by atoms with Crippen molar-refractivity contribution in [3.63, 3.8) is 0 Å². The minimum Gasteiger partial charge on any atom is -0.480 e. The lowest BCUT2D eigenvalue weighted by atomic mass is 10.0. The summed E-state index contributed by atoms with van der Waals surface area (Å²) in [6, 6.07) is -8.88. The van der Waals surface area contributed by atoms with Gasteiger partial charge in [-0.25, -0.2) is 4.79 Å². The van der Waals surface area contributed by atoms with Crippen molar-refractivity contribution in [3.8, 4) is 0 Å². The predicted octanol–water partition coefficient (Wildman–Crippen LogP) is -3.57. The van der Waals surface area contributed by atoms with Crippen LogP contribution in [-0.4, -0.2) is 112 Å². The van der Waals surface area contributed by atoms with Crippen molar-refractivity contribution in [2.75, 3.05) is 6.54 Å². The molecule has 0 saturated carbocycles. The fourth-order valence-electron chi connectivity index (χ4n) is 4.55. The van der Waals surface area contributed by atoms with Crippen LogP contribution in [0.2, 0.25) is 0 Å². The molecule has 8 atom stereocenters. The van der Waals surface area contributed by atoms with Crippen molar-refractivity contribution >= 4 is 47.3 Å². The zero-order chi connectivity index (χ0) is 38.9. The lowest BCUT2D eigenvalue weighted by Crippen LogP contribution is -2.61. The van der Waals surface area contributed by atoms with Gasteiger partial charge >= 0.3 is 5.97 Å². The molecule has 286 valence electrons. The van der Waals surface area contributed by atoms with E-state index in [9.17, 15) is 48.6 Å². The van der Waals surface area contributed by atoms with E-state index in [0.717, 1.165) is 0 Å². The number of carbonyl (C=O) groups is 8. The molecule has 0 aliphatic heterocycles. The first-order valence-electron chi connectivity index (χ1n) is 16.6. The van der Waals surface area contributed by atoms with E-state index in [1.165, 1.54) is 20.8 Å². The summed E-state index contributed by atoms with van der Waals surface area (Å²) in [5, 5.41) is 34.4. The van der Waals surface area contributed by atoms with Gasteiger partial charge in [-0.15, -0.1) is 0 Å². The molecule has 19 heteroatoms. The SMILES string of the molecule is CC(C)CC(NC(=O)C(NC(=O)C(C)NC(=O)C(C)NC(=O)C(NC(=O)C(N)CC(N)=O)C(C)C)C(C)O)C(=O)NC(CCCCN)C(=O)O. The molecule has 0 aromatic rings. The van der Waals surface area contributed by atoms with E-state index in [4.69, 9.17) is 17.2 Å². The van der Waals surface area contributed by atoms with Crippen molar-refractivity contribution in [3.05, 3.63) is 0 Å². The van der Waals surface area contributed by atoms with Gasteiger partial charge in [-0.2, -0.15) is 0 Å². The van der Waals surface area contributed by atoms with E-state index in [-0.39, 0.29) is 18.8 Å². The number of carboxylic acids is 1. The second-order valence-corrected chi connectivity index (χ2v) is 13.1. The van der Waals surface area contributed by atoms with Crippen molar-refractivity contribution in [2.24, 2.45) is 29.0 Å². The van der Waals surface area contributed by atoms with Gasteiger partial charge in [-0.05, 0) is 64.8 Å². The van der Waals surface area contributed by atoms with E-state index in [0.29, 0.717) is 19.4 Å². The topological polar surface area (TPSA) is 327 Å². The van der Waals surface area contributed by atoms with Crippen LogP contribution in [0.4, 0.5) is 0 Å². The number of aliphatic hydroxyl groups excluding tert-OH is 1. The Morgan fingerprint density at radius 1 is 0.620 bits per heavy atom. The molecule has 0 saturated heterocycles. The molecule has 0 aliphatic carbocycles. The Labute approximate surface area is 292 Å². The number of nitrogens with one attached hydrogen (secondary N) is 6. The summed E-state index contributed by atoms with van der Waals surface area (Å²) in [7, 11) is 0. The molecule has 0 spiro atoms. The first-order valence-corrected chi connectivity index (χ1v) is 16.6. The van der Waals surface area contributed by atoms with E-state index in [1.54, 1.807) is 27.7 Å². The highest BCUT2D eigenvalue weighted by Crippen LogP contribution is 2.09. The van der Waals surface area contributed by atoms with Gasteiger partial charge in [0.15, 0.2) is 0 Å². The molecule has 8 unspecified atom stereocenters. The second kappa shape index (κ2) is 22.4. The van der Waals surface area contributed by atoms with Crippen LogP contribution >= 0.6 is 0 Å². The molecule has 0 aliphatic rings. The Kier molecular flexibility index (Phi) is 20.4. The quantitative estimate of drug-likeness (QED) is 0.0458. The highest BCUT2D eigenvalue weighted by molar-refractivity contribution is 5.97. The standard InChI is InChI=1S/C31H57N9O10/c1-14(2)12-21(28(46)37-20(31(49)50)10-8-9-11-32)38-30(48)24(18(7)41)40-26(44)17(6)35-25(43)16(5)36-29(47)23(15(3)4)39-27(45)19(33)13-22(34)42/h14-21,23-24,41H,8-13,32-33H2,1-7H3,(H2,34,42)(H,35,43)(H,36,47)(H,37,46)(H,38,48)(H,39,45)(H,40,44)(H,49,50). The monoisotopic (exact) mass is 715 g/mol.